The Bertz CT molecular complexity index is 1060. The quantitative estimate of drug-likeness (QED) is 0.750. The molecule has 0 aromatic heterocycles. The first-order valence-electron chi connectivity index (χ1n) is 9.03. The van der Waals surface area contributed by atoms with Gasteiger partial charge in [0.05, 0.1) is 12.2 Å². The number of nitrogens with one attached hydrogen (secondary N) is 2. The van der Waals surface area contributed by atoms with Crippen LogP contribution in [0.15, 0.2) is 42.5 Å². The Morgan fingerprint density at radius 2 is 2.00 bits per heavy atom. The third-order valence-corrected chi connectivity index (χ3v) is 5.27. The standard InChI is InChI=1S/C20H22FN3O4S/c1-13-6-7-17(10-18(13)21)24-12-15(9-19(24)25)20(26)22-11-14-4-3-5-16(8-14)23-29(2,27)28/h3-8,10,15,23H,9,11-12H2,1-2H3,(H,22,26)/t15-/m1/s1. The number of benzene rings is 2. The summed E-state index contributed by atoms with van der Waals surface area (Å²) in [6.45, 7) is 2.02. The van der Waals surface area contributed by atoms with Gasteiger partial charge in [-0.1, -0.05) is 18.2 Å². The van der Waals surface area contributed by atoms with Gasteiger partial charge in [-0.15, -0.1) is 0 Å². The van der Waals surface area contributed by atoms with Crippen molar-refractivity contribution in [1.82, 2.24) is 5.32 Å². The van der Waals surface area contributed by atoms with E-state index in [2.05, 4.69) is 10.0 Å². The van der Waals surface area contributed by atoms with E-state index in [1.54, 1.807) is 43.3 Å². The number of rotatable bonds is 6. The van der Waals surface area contributed by atoms with Crippen LogP contribution in [0.1, 0.15) is 17.5 Å². The summed E-state index contributed by atoms with van der Waals surface area (Å²) < 4.78 is 38.8. The lowest BCUT2D eigenvalue weighted by molar-refractivity contribution is -0.126. The summed E-state index contributed by atoms with van der Waals surface area (Å²) >= 11 is 0. The lowest BCUT2D eigenvalue weighted by Crippen LogP contribution is -2.32. The minimum absolute atomic E-state index is 0.0526. The van der Waals surface area contributed by atoms with E-state index in [4.69, 9.17) is 0 Å². The van der Waals surface area contributed by atoms with E-state index >= 15 is 0 Å². The zero-order chi connectivity index (χ0) is 21.2. The number of aryl methyl sites for hydroxylation is 1. The monoisotopic (exact) mass is 419 g/mol. The molecule has 29 heavy (non-hydrogen) atoms. The highest BCUT2D eigenvalue weighted by Gasteiger charge is 2.35. The molecule has 0 radical (unpaired) electrons. The summed E-state index contributed by atoms with van der Waals surface area (Å²) in [5, 5.41) is 2.77. The van der Waals surface area contributed by atoms with Gasteiger partial charge in [0.1, 0.15) is 5.82 Å². The normalized spacial score (nSPS) is 16.7. The van der Waals surface area contributed by atoms with Crippen LogP contribution >= 0.6 is 0 Å². The first-order valence-corrected chi connectivity index (χ1v) is 10.9. The van der Waals surface area contributed by atoms with Crippen molar-refractivity contribution in [3.05, 3.63) is 59.4 Å². The molecule has 9 heteroatoms. The summed E-state index contributed by atoms with van der Waals surface area (Å²) in [7, 11) is -3.39. The summed E-state index contributed by atoms with van der Waals surface area (Å²) in [4.78, 5) is 26.2. The molecule has 7 nitrogen and oxygen atoms in total. The number of halogens is 1. The van der Waals surface area contributed by atoms with Crippen LogP contribution in [-0.4, -0.2) is 33.0 Å². The van der Waals surface area contributed by atoms with Crippen LogP contribution in [-0.2, 0) is 26.2 Å². The fourth-order valence-corrected chi connectivity index (χ4v) is 3.73. The van der Waals surface area contributed by atoms with Crippen LogP contribution in [0.25, 0.3) is 0 Å². The number of nitrogens with zero attached hydrogens (tertiary/aromatic N) is 1. The van der Waals surface area contributed by atoms with Gasteiger partial charge in [0.25, 0.3) is 0 Å². The zero-order valence-corrected chi connectivity index (χ0v) is 16.9. The molecule has 0 unspecified atom stereocenters. The average Bonchev–Trinajstić information content (AvgIpc) is 3.03. The molecule has 0 saturated carbocycles. The van der Waals surface area contributed by atoms with Gasteiger partial charge in [0.15, 0.2) is 0 Å². The SMILES string of the molecule is Cc1ccc(N2C[C@H](C(=O)NCc3cccc(NS(C)(=O)=O)c3)CC2=O)cc1F. The van der Waals surface area contributed by atoms with Crippen molar-refractivity contribution >= 4 is 33.2 Å². The second kappa shape index (κ2) is 8.20. The van der Waals surface area contributed by atoms with Crippen LogP contribution in [0.5, 0.6) is 0 Å². The Balaban J connectivity index is 1.61. The smallest absolute Gasteiger partial charge is 0.229 e. The second-order valence-corrected chi connectivity index (χ2v) is 8.88. The predicted octanol–water partition coefficient (Wildman–Crippen LogP) is 2.17. The molecule has 1 fully saturated rings. The van der Waals surface area contributed by atoms with Crippen molar-refractivity contribution in [3.8, 4) is 0 Å². The lowest BCUT2D eigenvalue weighted by atomic mass is 10.1. The molecule has 2 aromatic rings. The molecule has 1 heterocycles. The number of carbonyl (C=O) groups is 2. The van der Waals surface area contributed by atoms with E-state index in [0.29, 0.717) is 22.5 Å². The average molecular weight is 419 g/mol. The van der Waals surface area contributed by atoms with Gasteiger partial charge >= 0.3 is 0 Å². The molecule has 1 saturated heterocycles. The Kier molecular flexibility index (Phi) is 5.88. The number of carbonyl (C=O) groups excluding carboxylic acids is 2. The summed E-state index contributed by atoms with van der Waals surface area (Å²) in [6, 6.07) is 11.2. The minimum Gasteiger partial charge on any atom is -0.352 e. The number of hydrogen-bond acceptors (Lipinski definition) is 4. The number of sulfonamides is 1. The maximum absolute atomic E-state index is 13.8. The summed E-state index contributed by atoms with van der Waals surface area (Å²) in [6.07, 6.45) is 1.11. The molecule has 1 atom stereocenters. The predicted molar refractivity (Wildman–Crippen MR) is 108 cm³/mol. The van der Waals surface area contributed by atoms with Gasteiger partial charge in [-0.3, -0.25) is 14.3 Å². The fourth-order valence-electron chi connectivity index (χ4n) is 3.17. The maximum atomic E-state index is 13.8. The van der Waals surface area contributed by atoms with E-state index in [-0.39, 0.29) is 31.3 Å². The van der Waals surface area contributed by atoms with Crippen molar-refractivity contribution in [2.24, 2.45) is 5.92 Å². The maximum Gasteiger partial charge on any atom is 0.229 e. The molecule has 0 spiro atoms. The molecule has 0 bridgehead atoms. The van der Waals surface area contributed by atoms with Crippen molar-refractivity contribution in [1.29, 1.82) is 0 Å². The highest BCUT2D eigenvalue weighted by Crippen LogP contribution is 2.26. The Morgan fingerprint density at radius 1 is 1.24 bits per heavy atom. The zero-order valence-electron chi connectivity index (χ0n) is 16.1. The highest BCUT2D eigenvalue weighted by atomic mass is 32.2. The molecular formula is C20H22FN3O4S. The Hall–Kier alpha value is -2.94. The van der Waals surface area contributed by atoms with Crippen LogP contribution in [0.3, 0.4) is 0 Å². The number of hydrogen-bond donors (Lipinski definition) is 2. The van der Waals surface area contributed by atoms with Crippen LogP contribution in [0.2, 0.25) is 0 Å². The van der Waals surface area contributed by atoms with Gasteiger partial charge in [0.2, 0.25) is 21.8 Å². The Labute approximate surface area is 169 Å². The van der Waals surface area contributed by atoms with Gasteiger partial charge < -0.3 is 10.2 Å². The third-order valence-electron chi connectivity index (χ3n) is 4.66. The first-order chi connectivity index (χ1) is 13.6. The van der Waals surface area contributed by atoms with Crippen LogP contribution in [0, 0.1) is 18.7 Å². The van der Waals surface area contributed by atoms with E-state index in [9.17, 15) is 22.4 Å². The first kappa shape index (κ1) is 20.8. The Morgan fingerprint density at radius 3 is 2.69 bits per heavy atom. The molecule has 154 valence electrons. The number of anilines is 2. The van der Waals surface area contributed by atoms with Crippen LogP contribution < -0.4 is 14.9 Å². The van der Waals surface area contributed by atoms with Crippen molar-refractivity contribution in [2.45, 2.75) is 19.9 Å². The third kappa shape index (κ3) is 5.32. The molecule has 2 amide bonds. The molecule has 3 rings (SSSR count). The van der Waals surface area contributed by atoms with Crippen molar-refractivity contribution < 1.29 is 22.4 Å². The fraction of sp³-hybridized carbons (Fsp3) is 0.300. The molecule has 0 aliphatic carbocycles. The summed E-state index contributed by atoms with van der Waals surface area (Å²) in [5.41, 5.74) is 2.05. The van der Waals surface area contributed by atoms with E-state index < -0.39 is 21.8 Å². The van der Waals surface area contributed by atoms with Gasteiger partial charge in [0, 0.05) is 30.9 Å². The second-order valence-electron chi connectivity index (χ2n) is 7.13. The summed E-state index contributed by atoms with van der Waals surface area (Å²) in [5.74, 6) is -1.45. The van der Waals surface area contributed by atoms with Gasteiger partial charge in [-0.25, -0.2) is 12.8 Å². The topological polar surface area (TPSA) is 95.6 Å². The minimum atomic E-state index is -3.39. The van der Waals surface area contributed by atoms with Gasteiger partial charge in [-0.2, -0.15) is 0 Å². The highest BCUT2D eigenvalue weighted by molar-refractivity contribution is 7.92. The number of amides is 2. The van der Waals surface area contributed by atoms with E-state index in [0.717, 1.165) is 6.26 Å². The molecule has 1 aliphatic heterocycles. The molecular weight excluding hydrogens is 397 g/mol. The molecule has 1 aliphatic rings. The van der Waals surface area contributed by atoms with Crippen LogP contribution in [0.4, 0.5) is 15.8 Å². The lowest BCUT2D eigenvalue weighted by Gasteiger charge is -2.17. The molecule has 2 N–H and O–H groups in total. The van der Waals surface area contributed by atoms with Crippen molar-refractivity contribution in [2.75, 3.05) is 22.4 Å². The van der Waals surface area contributed by atoms with Gasteiger partial charge in [-0.05, 0) is 42.3 Å². The van der Waals surface area contributed by atoms with Crippen molar-refractivity contribution in [3.63, 3.8) is 0 Å². The van der Waals surface area contributed by atoms with E-state index in [1.807, 2.05) is 0 Å². The molecule has 2 aromatic carbocycles. The van der Waals surface area contributed by atoms with E-state index in [1.165, 1.54) is 11.0 Å². The largest absolute Gasteiger partial charge is 0.352 e.